The van der Waals surface area contributed by atoms with Crippen LogP contribution in [0.1, 0.15) is 47.5 Å². The molecule has 6 heteroatoms. The first-order valence-electron chi connectivity index (χ1n) is 10.1. The van der Waals surface area contributed by atoms with Gasteiger partial charge in [0, 0.05) is 24.8 Å². The molecule has 0 radical (unpaired) electrons. The van der Waals surface area contributed by atoms with Crippen molar-refractivity contribution in [2.45, 2.75) is 53.1 Å². The molecule has 0 aliphatic carbocycles. The summed E-state index contributed by atoms with van der Waals surface area (Å²) < 4.78 is 16.5. The van der Waals surface area contributed by atoms with E-state index in [1.807, 2.05) is 45.0 Å². The Balaban J connectivity index is 2.05. The lowest BCUT2D eigenvalue weighted by atomic mass is 9.97. The van der Waals surface area contributed by atoms with Crippen LogP contribution in [0.5, 0.6) is 5.75 Å². The molecule has 0 N–H and O–H groups in total. The van der Waals surface area contributed by atoms with E-state index in [2.05, 4.69) is 4.90 Å². The normalized spacial score (nSPS) is 17.4. The van der Waals surface area contributed by atoms with Crippen molar-refractivity contribution < 1.29 is 23.8 Å². The van der Waals surface area contributed by atoms with Crippen LogP contribution in [0.3, 0.4) is 0 Å². The second-order valence-corrected chi connectivity index (χ2v) is 8.14. The zero-order valence-electron chi connectivity index (χ0n) is 17.7. The van der Waals surface area contributed by atoms with Gasteiger partial charge >= 0.3 is 11.9 Å². The van der Waals surface area contributed by atoms with Crippen LogP contribution in [0.4, 0.5) is 5.69 Å². The molecule has 0 unspecified atom stereocenters. The smallest absolute Gasteiger partial charge is 0.349 e. The van der Waals surface area contributed by atoms with E-state index in [-0.39, 0.29) is 23.8 Å². The van der Waals surface area contributed by atoms with Gasteiger partial charge in [-0.25, -0.2) is 4.79 Å². The zero-order valence-corrected chi connectivity index (χ0v) is 17.7. The lowest BCUT2D eigenvalue weighted by Crippen LogP contribution is -2.40. The van der Waals surface area contributed by atoms with Crippen molar-refractivity contribution in [1.82, 2.24) is 0 Å². The first-order chi connectivity index (χ1) is 13.2. The summed E-state index contributed by atoms with van der Waals surface area (Å²) in [5.74, 6) is 0.248. The topological polar surface area (TPSA) is 65.1 Å². The molecule has 28 heavy (non-hydrogen) atoms. The Labute approximate surface area is 168 Å². The molecule has 6 nitrogen and oxygen atoms in total. The number of anilines is 1. The molecule has 0 spiro atoms. The number of piperidine rings is 1. The van der Waals surface area contributed by atoms with Gasteiger partial charge < -0.3 is 19.1 Å². The molecule has 0 saturated carbocycles. The summed E-state index contributed by atoms with van der Waals surface area (Å²) in [5.41, 5.74) is -0.110. The number of hydrogen-bond donors (Lipinski definition) is 0. The van der Waals surface area contributed by atoms with Crippen LogP contribution < -0.4 is 9.64 Å². The number of esters is 2. The van der Waals surface area contributed by atoms with Crippen LogP contribution in [0, 0.1) is 11.8 Å². The van der Waals surface area contributed by atoms with Gasteiger partial charge in [-0.2, -0.15) is 0 Å². The molecule has 156 valence electrons. The van der Waals surface area contributed by atoms with Gasteiger partial charge in [0.25, 0.3) is 0 Å². The Bertz CT molecular complexity index is 671. The van der Waals surface area contributed by atoms with Gasteiger partial charge in [0.1, 0.15) is 5.75 Å². The van der Waals surface area contributed by atoms with E-state index in [4.69, 9.17) is 14.2 Å². The highest BCUT2D eigenvalue weighted by molar-refractivity contribution is 5.79. The van der Waals surface area contributed by atoms with Crippen LogP contribution >= 0.6 is 0 Å². The molecule has 1 fully saturated rings. The van der Waals surface area contributed by atoms with Gasteiger partial charge in [-0.05, 0) is 51.7 Å². The third kappa shape index (κ3) is 6.14. The summed E-state index contributed by atoms with van der Waals surface area (Å²) in [6.07, 6.45) is 1.78. The highest BCUT2D eigenvalue weighted by Crippen LogP contribution is 2.29. The molecule has 1 aliphatic heterocycles. The number of rotatable bonds is 8. The Hall–Kier alpha value is -2.24. The van der Waals surface area contributed by atoms with Gasteiger partial charge in [-0.15, -0.1) is 0 Å². The van der Waals surface area contributed by atoms with Gasteiger partial charge in [0.15, 0.2) is 5.60 Å². The summed E-state index contributed by atoms with van der Waals surface area (Å²) >= 11 is 0. The minimum atomic E-state index is -1.08. The summed E-state index contributed by atoms with van der Waals surface area (Å²) in [5, 5.41) is 0. The van der Waals surface area contributed by atoms with E-state index in [9.17, 15) is 9.59 Å². The van der Waals surface area contributed by atoms with Crippen LogP contribution in [-0.2, 0) is 19.1 Å². The Morgan fingerprint density at radius 2 is 2.00 bits per heavy atom. The highest BCUT2D eigenvalue weighted by atomic mass is 16.6. The third-order valence-corrected chi connectivity index (χ3v) is 4.64. The average molecular weight is 392 g/mol. The molecule has 0 aromatic heterocycles. The zero-order chi connectivity index (χ0) is 20.7. The number of ether oxygens (including phenoxy) is 3. The van der Waals surface area contributed by atoms with Crippen molar-refractivity contribution in [3.8, 4) is 5.75 Å². The number of hydrogen-bond acceptors (Lipinski definition) is 6. The van der Waals surface area contributed by atoms with E-state index >= 15 is 0 Å². The molecule has 1 heterocycles. The molecule has 1 aromatic carbocycles. The van der Waals surface area contributed by atoms with E-state index in [1.165, 1.54) is 0 Å². The van der Waals surface area contributed by atoms with Crippen molar-refractivity contribution in [2.24, 2.45) is 11.8 Å². The number of carbonyl (C=O) groups is 2. The molecular formula is C22H33NO5. The Morgan fingerprint density at radius 1 is 1.25 bits per heavy atom. The lowest BCUT2D eigenvalue weighted by molar-refractivity contribution is -0.160. The number of nitrogens with zero attached hydrogens (tertiary/aromatic N) is 1. The minimum Gasteiger partial charge on any atom is -0.476 e. The highest BCUT2D eigenvalue weighted by Gasteiger charge is 2.32. The first kappa shape index (κ1) is 22.1. The fraction of sp³-hybridized carbons (Fsp3) is 0.636. The molecule has 1 atom stereocenters. The molecule has 1 aliphatic rings. The SMILES string of the molecule is CCOC(=O)[C@H]1CCCN(c2cccc(OC(C)(C)C(=O)OCC(C)C)c2)C1. The molecule has 2 rings (SSSR count). The van der Waals surface area contributed by atoms with Crippen LogP contribution in [-0.4, -0.2) is 43.8 Å². The maximum Gasteiger partial charge on any atom is 0.349 e. The van der Waals surface area contributed by atoms with Crippen molar-refractivity contribution in [3.63, 3.8) is 0 Å². The quantitative estimate of drug-likeness (QED) is 0.628. The Kier molecular flexibility index (Phi) is 7.72. The van der Waals surface area contributed by atoms with Crippen LogP contribution in [0.25, 0.3) is 0 Å². The van der Waals surface area contributed by atoms with Crippen molar-refractivity contribution in [1.29, 1.82) is 0 Å². The first-order valence-corrected chi connectivity index (χ1v) is 10.1. The minimum absolute atomic E-state index is 0.110. The molecule has 1 saturated heterocycles. The third-order valence-electron chi connectivity index (χ3n) is 4.64. The predicted molar refractivity (Wildman–Crippen MR) is 109 cm³/mol. The summed E-state index contributed by atoms with van der Waals surface area (Å²) in [6, 6.07) is 7.62. The van der Waals surface area contributed by atoms with Gasteiger partial charge in [-0.1, -0.05) is 19.9 Å². The van der Waals surface area contributed by atoms with Crippen LogP contribution in [0.2, 0.25) is 0 Å². The van der Waals surface area contributed by atoms with E-state index in [0.29, 0.717) is 25.5 Å². The van der Waals surface area contributed by atoms with E-state index in [0.717, 1.165) is 25.1 Å². The summed E-state index contributed by atoms with van der Waals surface area (Å²) in [7, 11) is 0. The van der Waals surface area contributed by atoms with Crippen molar-refractivity contribution in [3.05, 3.63) is 24.3 Å². The van der Waals surface area contributed by atoms with Crippen molar-refractivity contribution in [2.75, 3.05) is 31.2 Å². The van der Waals surface area contributed by atoms with Crippen molar-refractivity contribution >= 4 is 17.6 Å². The molecule has 0 amide bonds. The number of carbonyl (C=O) groups excluding carboxylic acids is 2. The number of benzene rings is 1. The molecular weight excluding hydrogens is 358 g/mol. The van der Waals surface area contributed by atoms with Gasteiger partial charge in [0.2, 0.25) is 0 Å². The van der Waals surface area contributed by atoms with E-state index < -0.39 is 5.60 Å². The largest absolute Gasteiger partial charge is 0.476 e. The predicted octanol–water partition coefficient (Wildman–Crippen LogP) is 3.82. The van der Waals surface area contributed by atoms with Gasteiger partial charge in [0.05, 0.1) is 19.1 Å². The molecule has 0 bridgehead atoms. The second kappa shape index (κ2) is 9.80. The van der Waals surface area contributed by atoms with Crippen LogP contribution in [0.15, 0.2) is 24.3 Å². The monoisotopic (exact) mass is 391 g/mol. The standard InChI is InChI=1S/C22H33NO5/c1-6-26-20(24)17-9-8-12-23(14-17)18-10-7-11-19(13-18)28-22(4,5)21(25)27-15-16(2)3/h7,10-11,13,16-17H,6,8-9,12,14-15H2,1-5H3/t17-/m0/s1. The summed E-state index contributed by atoms with van der Waals surface area (Å²) in [6.45, 7) is 11.5. The average Bonchev–Trinajstić information content (AvgIpc) is 2.66. The fourth-order valence-electron chi connectivity index (χ4n) is 3.16. The van der Waals surface area contributed by atoms with Gasteiger partial charge in [-0.3, -0.25) is 4.79 Å². The lowest BCUT2D eigenvalue weighted by Gasteiger charge is -2.33. The van der Waals surface area contributed by atoms with E-state index in [1.54, 1.807) is 13.8 Å². The molecule has 1 aromatic rings. The second-order valence-electron chi connectivity index (χ2n) is 8.14. The maximum absolute atomic E-state index is 12.3. The maximum atomic E-state index is 12.3. The Morgan fingerprint density at radius 3 is 2.68 bits per heavy atom. The fourth-order valence-corrected chi connectivity index (χ4v) is 3.16. The summed E-state index contributed by atoms with van der Waals surface area (Å²) in [4.78, 5) is 26.6.